The van der Waals surface area contributed by atoms with Gasteiger partial charge in [0.2, 0.25) is 5.89 Å². The molecule has 128 valence electrons. The van der Waals surface area contributed by atoms with Gasteiger partial charge in [-0.15, -0.1) is 0 Å². The number of carbonyl (C=O) groups excluding carboxylic acids is 1. The molecule has 7 nitrogen and oxygen atoms in total. The van der Waals surface area contributed by atoms with Crippen LogP contribution in [0.2, 0.25) is 0 Å². The zero-order chi connectivity index (χ0) is 16.8. The molecule has 2 N–H and O–H groups in total. The van der Waals surface area contributed by atoms with Crippen molar-refractivity contribution in [2.45, 2.75) is 31.1 Å². The minimum Gasteiger partial charge on any atom is -0.337 e. The van der Waals surface area contributed by atoms with Crippen LogP contribution in [0.15, 0.2) is 34.9 Å². The Bertz CT molecular complexity index is 700. The topological polar surface area (TPSA) is 97.1 Å². The third kappa shape index (κ3) is 5.16. The first-order chi connectivity index (χ1) is 11.7. The minimum atomic E-state index is -1.01. The van der Waals surface area contributed by atoms with Gasteiger partial charge in [0.05, 0.1) is 6.54 Å². The van der Waals surface area contributed by atoms with E-state index in [4.69, 9.17) is 4.52 Å². The van der Waals surface area contributed by atoms with Crippen molar-refractivity contribution in [3.8, 4) is 0 Å². The van der Waals surface area contributed by atoms with Crippen LogP contribution in [0.5, 0.6) is 0 Å². The van der Waals surface area contributed by atoms with Gasteiger partial charge in [-0.25, -0.2) is 4.79 Å². The maximum atomic E-state index is 12.0. The van der Waals surface area contributed by atoms with Gasteiger partial charge in [0.1, 0.15) is 0 Å². The largest absolute Gasteiger partial charge is 0.337 e. The molecule has 2 aromatic rings. The van der Waals surface area contributed by atoms with E-state index in [0.717, 1.165) is 24.2 Å². The molecule has 8 heteroatoms. The van der Waals surface area contributed by atoms with E-state index in [1.54, 1.807) is 0 Å². The highest BCUT2D eigenvalue weighted by atomic mass is 32.2. The Kier molecular flexibility index (Phi) is 5.58. The minimum absolute atomic E-state index is 0.193. The van der Waals surface area contributed by atoms with Crippen molar-refractivity contribution in [2.75, 3.05) is 12.3 Å². The molecular formula is C16H20N4O3S. The fourth-order valence-electron chi connectivity index (χ4n) is 2.18. The quantitative estimate of drug-likeness (QED) is 0.757. The lowest BCUT2D eigenvalue weighted by Crippen LogP contribution is -2.37. The molecular weight excluding hydrogens is 328 g/mol. The van der Waals surface area contributed by atoms with E-state index in [9.17, 15) is 9.00 Å². The molecule has 1 aliphatic rings. The third-order valence-electron chi connectivity index (χ3n) is 3.61. The Morgan fingerprint density at radius 3 is 2.79 bits per heavy atom. The number of carbonyl (C=O) groups is 1. The Morgan fingerprint density at radius 2 is 2.04 bits per heavy atom. The van der Waals surface area contributed by atoms with Crippen LogP contribution < -0.4 is 10.6 Å². The van der Waals surface area contributed by atoms with Crippen LogP contribution in [0.4, 0.5) is 4.79 Å². The van der Waals surface area contributed by atoms with Crippen molar-refractivity contribution in [1.29, 1.82) is 0 Å². The molecule has 1 heterocycles. The molecule has 0 spiro atoms. The molecule has 1 atom stereocenters. The number of rotatable bonds is 8. The number of nitrogens with zero attached hydrogens (tertiary/aromatic N) is 2. The second kappa shape index (κ2) is 8.05. The Hall–Kier alpha value is -2.22. The van der Waals surface area contributed by atoms with Crippen LogP contribution in [0.25, 0.3) is 0 Å². The average Bonchev–Trinajstić information content (AvgIpc) is 3.32. The molecule has 1 saturated carbocycles. The Morgan fingerprint density at radius 1 is 1.25 bits per heavy atom. The molecule has 24 heavy (non-hydrogen) atoms. The summed E-state index contributed by atoms with van der Waals surface area (Å²) >= 11 is 0. The monoisotopic (exact) mass is 348 g/mol. The van der Waals surface area contributed by atoms with Crippen molar-refractivity contribution in [3.63, 3.8) is 0 Å². The number of hydrogen-bond donors (Lipinski definition) is 2. The summed E-state index contributed by atoms with van der Waals surface area (Å²) in [6, 6.07) is 9.32. The number of urea groups is 1. The summed E-state index contributed by atoms with van der Waals surface area (Å²) in [7, 11) is -1.01. The molecule has 1 aromatic heterocycles. The standard InChI is InChI=1S/C16H20N4O3S/c21-16(18-10-14-19-15(20-23-14)13-6-7-13)17-8-9-24(22)11-12-4-2-1-3-5-12/h1-5,13H,6-11H2,(H2,17,18,21)/t24-/m0/s1. The summed E-state index contributed by atoms with van der Waals surface area (Å²) in [6.07, 6.45) is 2.21. The number of nitrogens with one attached hydrogen (secondary N) is 2. The van der Waals surface area contributed by atoms with E-state index in [2.05, 4.69) is 20.8 Å². The van der Waals surface area contributed by atoms with E-state index in [-0.39, 0.29) is 12.6 Å². The van der Waals surface area contributed by atoms with E-state index in [1.165, 1.54) is 0 Å². The first kappa shape index (κ1) is 16.6. The first-order valence-corrected chi connectivity index (χ1v) is 9.42. The van der Waals surface area contributed by atoms with Gasteiger partial charge in [0, 0.05) is 34.8 Å². The molecule has 1 aliphatic carbocycles. The summed E-state index contributed by atoms with van der Waals surface area (Å²) in [5.74, 6) is 2.46. The number of amides is 2. The van der Waals surface area contributed by atoms with Crippen LogP contribution in [0.1, 0.15) is 36.0 Å². The Balaban J connectivity index is 1.31. The molecule has 0 saturated heterocycles. The summed E-state index contributed by atoms with van der Waals surface area (Å²) in [6.45, 7) is 0.543. The van der Waals surface area contributed by atoms with E-state index < -0.39 is 10.8 Å². The fraction of sp³-hybridized carbons (Fsp3) is 0.438. The number of hydrogen-bond acceptors (Lipinski definition) is 5. The van der Waals surface area contributed by atoms with Gasteiger partial charge in [0.15, 0.2) is 5.82 Å². The molecule has 0 radical (unpaired) electrons. The number of aromatic nitrogens is 2. The molecule has 0 aliphatic heterocycles. The Labute approximate surface area is 142 Å². The summed E-state index contributed by atoms with van der Waals surface area (Å²) < 4.78 is 17.0. The molecule has 2 amide bonds. The predicted molar refractivity (Wildman–Crippen MR) is 89.7 cm³/mol. The van der Waals surface area contributed by atoms with E-state index >= 15 is 0 Å². The van der Waals surface area contributed by atoms with Crippen molar-refractivity contribution in [2.24, 2.45) is 0 Å². The van der Waals surface area contributed by atoms with Gasteiger partial charge in [-0.2, -0.15) is 4.98 Å². The van der Waals surface area contributed by atoms with Gasteiger partial charge >= 0.3 is 6.03 Å². The highest BCUT2D eigenvalue weighted by Crippen LogP contribution is 2.37. The smallest absolute Gasteiger partial charge is 0.315 e. The van der Waals surface area contributed by atoms with Crippen LogP contribution in [-0.4, -0.2) is 32.7 Å². The lowest BCUT2D eigenvalue weighted by Gasteiger charge is -2.06. The van der Waals surface area contributed by atoms with Crippen LogP contribution >= 0.6 is 0 Å². The van der Waals surface area contributed by atoms with Gasteiger partial charge in [-0.05, 0) is 18.4 Å². The van der Waals surface area contributed by atoms with Crippen LogP contribution in [0, 0.1) is 0 Å². The maximum Gasteiger partial charge on any atom is 0.315 e. The lowest BCUT2D eigenvalue weighted by molar-refractivity contribution is 0.239. The SMILES string of the molecule is O=C(NCC[S@](=O)Cc1ccccc1)NCc1nc(C2CC2)no1. The van der Waals surface area contributed by atoms with Crippen molar-refractivity contribution in [1.82, 2.24) is 20.8 Å². The summed E-state index contributed by atoms with van der Waals surface area (Å²) in [4.78, 5) is 15.9. The second-order valence-corrected chi connectivity index (χ2v) is 7.28. The second-order valence-electron chi connectivity index (χ2n) is 5.70. The molecule has 0 unspecified atom stereocenters. The molecule has 1 fully saturated rings. The van der Waals surface area contributed by atoms with Gasteiger partial charge < -0.3 is 15.2 Å². The van der Waals surface area contributed by atoms with Crippen LogP contribution in [0.3, 0.4) is 0 Å². The number of benzene rings is 1. The van der Waals surface area contributed by atoms with E-state index in [1.807, 2.05) is 30.3 Å². The van der Waals surface area contributed by atoms with Crippen molar-refractivity contribution < 1.29 is 13.5 Å². The first-order valence-electron chi connectivity index (χ1n) is 7.94. The van der Waals surface area contributed by atoms with Gasteiger partial charge in [-0.1, -0.05) is 35.5 Å². The van der Waals surface area contributed by atoms with Crippen LogP contribution in [-0.2, 0) is 23.1 Å². The highest BCUT2D eigenvalue weighted by Gasteiger charge is 2.28. The van der Waals surface area contributed by atoms with Crippen molar-refractivity contribution in [3.05, 3.63) is 47.6 Å². The maximum absolute atomic E-state index is 12.0. The lowest BCUT2D eigenvalue weighted by atomic mass is 10.2. The van der Waals surface area contributed by atoms with Crippen molar-refractivity contribution >= 4 is 16.8 Å². The zero-order valence-corrected chi connectivity index (χ0v) is 14.1. The average molecular weight is 348 g/mol. The van der Waals surface area contributed by atoms with Gasteiger partial charge in [0.25, 0.3) is 0 Å². The fourth-order valence-corrected chi connectivity index (χ4v) is 3.21. The highest BCUT2D eigenvalue weighted by molar-refractivity contribution is 7.84. The normalized spacial score (nSPS) is 15.0. The molecule has 1 aromatic carbocycles. The van der Waals surface area contributed by atoms with Gasteiger partial charge in [-0.3, -0.25) is 4.21 Å². The summed E-state index contributed by atoms with van der Waals surface area (Å²) in [5.41, 5.74) is 1.03. The molecule has 0 bridgehead atoms. The summed E-state index contributed by atoms with van der Waals surface area (Å²) in [5, 5.41) is 9.21. The zero-order valence-electron chi connectivity index (χ0n) is 13.2. The van der Waals surface area contributed by atoms with E-state index in [0.29, 0.717) is 29.9 Å². The predicted octanol–water partition coefficient (Wildman–Crippen LogP) is 1.70. The third-order valence-corrected chi connectivity index (χ3v) is 4.93. The molecule has 3 rings (SSSR count).